The molecule has 0 aliphatic rings. The maximum Gasteiger partial charge on any atom is 0.169 e. The summed E-state index contributed by atoms with van der Waals surface area (Å²) in [6.07, 6.45) is 26.1. The van der Waals surface area contributed by atoms with E-state index in [-0.39, 0.29) is 0 Å². The fourth-order valence-corrected chi connectivity index (χ4v) is 7.12. The molecule has 0 N–H and O–H groups in total. The largest absolute Gasteiger partial charge is 0.489 e. The summed E-state index contributed by atoms with van der Waals surface area (Å²) in [7, 11) is 0. The first-order valence-electron chi connectivity index (χ1n) is 18.0. The lowest BCUT2D eigenvalue weighted by Crippen LogP contribution is -2.05. The van der Waals surface area contributed by atoms with Crippen LogP contribution in [0.5, 0.6) is 11.5 Å². The molecular formula is C40H58O2S2. The lowest BCUT2D eigenvalue weighted by Gasteiger charge is -2.20. The minimum absolute atomic E-state index is 0.745. The maximum absolute atomic E-state index is 6.66. The molecule has 0 radical (unpaired) electrons. The highest BCUT2D eigenvalue weighted by atomic mass is 32.1. The molecule has 0 bridgehead atoms. The van der Waals surface area contributed by atoms with Gasteiger partial charge in [-0.1, -0.05) is 151 Å². The molecule has 242 valence electrons. The van der Waals surface area contributed by atoms with Crippen molar-refractivity contribution in [3.63, 3.8) is 0 Å². The molecule has 4 rings (SSSR count). The Balaban J connectivity index is 1.29. The molecule has 4 aromatic carbocycles. The van der Waals surface area contributed by atoms with Gasteiger partial charge in [-0.25, -0.2) is 0 Å². The topological polar surface area (TPSA) is 18.5 Å². The average molecular weight is 635 g/mol. The maximum atomic E-state index is 6.66. The lowest BCUT2D eigenvalue weighted by molar-refractivity contribution is 0.263. The molecule has 0 aromatic heterocycles. The minimum Gasteiger partial charge on any atom is -0.489 e. The quantitative estimate of drug-likeness (QED) is 0.0407. The van der Waals surface area contributed by atoms with Gasteiger partial charge in [-0.05, 0) is 48.0 Å². The second-order valence-corrected chi connectivity index (χ2v) is 13.6. The molecule has 0 unspecified atom stereocenters. The second kappa shape index (κ2) is 21.1. The Labute approximate surface area is 279 Å². The van der Waals surface area contributed by atoms with Crippen molar-refractivity contribution in [1.82, 2.24) is 0 Å². The monoisotopic (exact) mass is 634 g/mol. The molecule has 4 aromatic rings. The van der Waals surface area contributed by atoms with E-state index in [9.17, 15) is 0 Å². The molecule has 2 nitrogen and oxygen atoms in total. The van der Waals surface area contributed by atoms with Gasteiger partial charge in [-0.2, -0.15) is 25.3 Å². The van der Waals surface area contributed by atoms with E-state index in [0.717, 1.165) is 49.1 Å². The lowest BCUT2D eigenvalue weighted by atomic mass is 9.93. The van der Waals surface area contributed by atoms with Gasteiger partial charge in [0.25, 0.3) is 0 Å². The second-order valence-electron chi connectivity index (χ2n) is 12.7. The molecule has 4 heteroatoms. The molecule has 0 aliphatic heterocycles. The standard InChI is InChI=1S/C40H58O2S2/c43-31-19-15-11-7-3-1-5-9-13-17-29-41-39-35-25-21-23-33-27-28-34-24-22-26-36(38(34)37(33)35)40(39)42-30-18-14-10-6-2-4-8-12-16-20-32-44/h21-28,43-44H,1-20,29-32H2. The third kappa shape index (κ3) is 10.9. The van der Waals surface area contributed by atoms with Crippen molar-refractivity contribution < 1.29 is 9.47 Å². The van der Waals surface area contributed by atoms with Crippen LogP contribution in [-0.2, 0) is 0 Å². The normalized spacial score (nSPS) is 11.8. The molecule has 0 aliphatic carbocycles. The van der Waals surface area contributed by atoms with Gasteiger partial charge in [0.05, 0.1) is 13.2 Å². The van der Waals surface area contributed by atoms with Crippen molar-refractivity contribution in [1.29, 1.82) is 0 Å². The van der Waals surface area contributed by atoms with Crippen LogP contribution in [0, 0.1) is 0 Å². The summed E-state index contributed by atoms with van der Waals surface area (Å²) in [6.45, 7) is 1.49. The first-order chi connectivity index (χ1) is 21.8. The van der Waals surface area contributed by atoms with E-state index in [1.165, 1.54) is 148 Å². The molecule has 0 heterocycles. The number of unbranched alkanes of at least 4 members (excludes halogenated alkanes) is 18. The average Bonchev–Trinajstić information content (AvgIpc) is 3.05. The van der Waals surface area contributed by atoms with Crippen LogP contribution in [-0.4, -0.2) is 24.7 Å². The zero-order valence-corrected chi connectivity index (χ0v) is 29.1. The van der Waals surface area contributed by atoms with E-state index in [2.05, 4.69) is 73.8 Å². The Kier molecular flexibility index (Phi) is 16.8. The summed E-state index contributed by atoms with van der Waals surface area (Å²) in [5.41, 5.74) is 0. The Morgan fingerprint density at radius 2 is 0.682 bits per heavy atom. The number of ether oxygens (including phenoxy) is 2. The first kappa shape index (κ1) is 35.1. The van der Waals surface area contributed by atoms with Gasteiger partial charge < -0.3 is 9.47 Å². The van der Waals surface area contributed by atoms with Crippen molar-refractivity contribution in [2.75, 3.05) is 24.7 Å². The predicted molar refractivity (Wildman–Crippen MR) is 201 cm³/mol. The molecule has 0 spiro atoms. The summed E-state index contributed by atoms with van der Waals surface area (Å²) in [5.74, 6) is 3.95. The molecular weight excluding hydrogens is 577 g/mol. The van der Waals surface area contributed by atoms with Crippen molar-refractivity contribution in [3.05, 3.63) is 48.5 Å². The first-order valence-corrected chi connectivity index (χ1v) is 19.3. The van der Waals surface area contributed by atoms with E-state index < -0.39 is 0 Å². The van der Waals surface area contributed by atoms with Crippen LogP contribution in [0.25, 0.3) is 32.3 Å². The highest BCUT2D eigenvalue weighted by Gasteiger charge is 2.20. The molecule has 0 amide bonds. The zero-order valence-electron chi connectivity index (χ0n) is 27.3. The van der Waals surface area contributed by atoms with Crippen LogP contribution >= 0.6 is 25.3 Å². The predicted octanol–water partition coefficient (Wildman–Crippen LogP) is 13.0. The van der Waals surface area contributed by atoms with Crippen LogP contribution in [0.4, 0.5) is 0 Å². The van der Waals surface area contributed by atoms with Gasteiger partial charge in [0.2, 0.25) is 0 Å². The summed E-state index contributed by atoms with van der Waals surface area (Å²) in [4.78, 5) is 0. The van der Waals surface area contributed by atoms with E-state index in [0.29, 0.717) is 0 Å². The van der Waals surface area contributed by atoms with Gasteiger partial charge in [0.15, 0.2) is 11.5 Å². The Morgan fingerprint density at radius 1 is 0.364 bits per heavy atom. The van der Waals surface area contributed by atoms with E-state index in [1.54, 1.807) is 0 Å². The van der Waals surface area contributed by atoms with E-state index >= 15 is 0 Å². The number of thiol groups is 2. The zero-order chi connectivity index (χ0) is 30.7. The van der Waals surface area contributed by atoms with Crippen LogP contribution in [0.15, 0.2) is 48.5 Å². The van der Waals surface area contributed by atoms with Gasteiger partial charge in [-0.3, -0.25) is 0 Å². The summed E-state index contributed by atoms with van der Waals surface area (Å²) >= 11 is 8.63. The Hall–Kier alpha value is -1.78. The minimum atomic E-state index is 0.745. The summed E-state index contributed by atoms with van der Waals surface area (Å²) in [5, 5.41) is 7.54. The van der Waals surface area contributed by atoms with E-state index in [4.69, 9.17) is 9.47 Å². The van der Waals surface area contributed by atoms with Crippen molar-refractivity contribution in [2.45, 2.75) is 128 Å². The SMILES string of the molecule is SCCCCCCCCCCCCOc1c(OCCCCCCCCCCCCS)c2cccc3ccc4cccc1c4c32. The fourth-order valence-electron chi connectivity index (χ4n) is 6.67. The molecule has 0 fully saturated rings. The molecule has 0 atom stereocenters. The molecule has 44 heavy (non-hydrogen) atoms. The van der Waals surface area contributed by atoms with Crippen LogP contribution < -0.4 is 9.47 Å². The van der Waals surface area contributed by atoms with Gasteiger partial charge in [-0.15, -0.1) is 0 Å². The smallest absolute Gasteiger partial charge is 0.169 e. The van der Waals surface area contributed by atoms with Crippen LogP contribution in [0.1, 0.15) is 128 Å². The summed E-state index contributed by atoms with van der Waals surface area (Å²) < 4.78 is 13.3. The van der Waals surface area contributed by atoms with E-state index in [1.807, 2.05) is 0 Å². The third-order valence-corrected chi connectivity index (χ3v) is 9.81. The number of rotatable bonds is 26. The highest BCUT2D eigenvalue weighted by molar-refractivity contribution is 7.80. The van der Waals surface area contributed by atoms with Crippen LogP contribution in [0.2, 0.25) is 0 Å². The molecule has 0 saturated carbocycles. The van der Waals surface area contributed by atoms with Gasteiger partial charge >= 0.3 is 0 Å². The van der Waals surface area contributed by atoms with Gasteiger partial charge in [0.1, 0.15) is 0 Å². The van der Waals surface area contributed by atoms with Crippen molar-refractivity contribution >= 4 is 57.6 Å². The fraction of sp³-hybridized carbons (Fsp3) is 0.600. The number of hydrogen-bond donors (Lipinski definition) is 2. The number of hydrogen-bond acceptors (Lipinski definition) is 4. The third-order valence-electron chi connectivity index (χ3n) is 9.18. The summed E-state index contributed by atoms with van der Waals surface area (Å²) in [6, 6.07) is 17.7. The van der Waals surface area contributed by atoms with Gasteiger partial charge in [0, 0.05) is 21.5 Å². The molecule has 0 saturated heterocycles. The highest BCUT2D eigenvalue weighted by Crippen LogP contribution is 2.47. The number of benzene rings is 4. The van der Waals surface area contributed by atoms with Crippen molar-refractivity contribution in [3.8, 4) is 11.5 Å². The Bertz CT molecular complexity index is 1220. The Morgan fingerprint density at radius 3 is 1.02 bits per heavy atom. The van der Waals surface area contributed by atoms with Crippen molar-refractivity contribution in [2.24, 2.45) is 0 Å². The van der Waals surface area contributed by atoms with Crippen LogP contribution in [0.3, 0.4) is 0 Å².